The van der Waals surface area contributed by atoms with Crippen LogP contribution in [-0.2, 0) is 55.5 Å². The average Bonchev–Trinajstić information content (AvgIpc) is 3.67. The number of nitrogens with one attached hydrogen (secondary N) is 2. The Hall–Kier alpha value is -3.69. The minimum atomic E-state index is -5.60. The highest BCUT2D eigenvalue weighted by molar-refractivity contribution is 8.14. The van der Waals surface area contributed by atoms with Crippen molar-refractivity contribution in [2.75, 3.05) is 37.8 Å². The molecule has 0 bridgehead atoms. The van der Waals surface area contributed by atoms with Crippen LogP contribution in [0.4, 0.5) is 5.82 Å². The van der Waals surface area contributed by atoms with Gasteiger partial charge in [0.2, 0.25) is 11.8 Å². The predicted molar refractivity (Wildman–Crippen MR) is 195 cm³/mol. The van der Waals surface area contributed by atoms with Crippen molar-refractivity contribution in [2.24, 2.45) is 5.41 Å². The van der Waals surface area contributed by atoms with Crippen LogP contribution in [0.1, 0.15) is 26.5 Å². The van der Waals surface area contributed by atoms with Crippen molar-refractivity contribution in [3.05, 3.63) is 36.6 Å². The van der Waals surface area contributed by atoms with Crippen LogP contribution in [0.5, 0.6) is 0 Å². The van der Waals surface area contributed by atoms with Gasteiger partial charge in [-0.3, -0.25) is 32.5 Å². The normalized spacial score (nSPS) is 21.7. The summed E-state index contributed by atoms with van der Waals surface area (Å²) in [7, 11) is -16.5. The number of nitrogens with two attached hydrogens (primary N) is 1. The first-order chi connectivity index (χ1) is 26.8. The number of carbonyl (C=O) groups excluding carboxylic acids is 3. The number of hydrogen-bond donors (Lipinski definition) is 11. The van der Waals surface area contributed by atoms with E-state index in [1.165, 1.54) is 13.8 Å². The number of thioether (sulfide) groups is 1. The van der Waals surface area contributed by atoms with E-state index in [0.717, 1.165) is 29.4 Å². The number of rotatable bonds is 22. The SMILES string of the molecule is CC(C)(COP(=O)(O)OP(=O)(O)OC[C@H]1O[C@@H](n2cnc3c(N)ncnc32)[C@H](O)[C@@H]1OP(=O)(O)O)C(O)C(=O)NCCC(=O)NCCSC(=O)/C(O)=C/C=C/C(=O)O. The molecule has 0 spiro atoms. The number of phosphoric ester groups is 3. The first kappa shape index (κ1) is 48.7. The number of allylic oxidation sites excluding steroid dienone is 2. The van der Waals surface area contributed by atoms with Crippen molar-refractivity contribution < 1.29 is 95.5 Å². The summed E-state index contributed by atoms with van der Waals surface area (Å²) in [5, 5.41) is 43.4. The molecule has 1 fully saturated rings. The second kappa shape index (κ2) is 20.5. The summed E-state index contributed by atoms with van der Waals surface area (Å²) in [6, 6.07) is 0. The molecule has 27 nitrogen and oxygen atoms in total. The number of aliphatic carboxylic acids is 1. The summed E-state index contributed by atoms with van der Waals surface area (Å²) in [4.78, 5) is 97.6. The predicted octanol–water partition coefficient (Wildman–Crippen LogP) is -1.25. The molecule has 3 heterocycles. The Balaban J connectivity index is 1.47. The largest absolute Gasteiger partial charge is 0.504 e. The Morgan fingerprint density at radius 1 is 1.05 bits per heavy atom. The number of imidazole rings is 1. The number of carboxylic acid groups (broad SMARTS) is 1. The van der Waals surface area contributed by atoms with Crippen LogP contribution in [0, 0.1) is 5.41 Å². The maximum atomic E-state index is 12.7. The lowest BCUT2D eigenvalue weighted by Crippen LogP contribution is -2.46. The van der Waals surface area contributed by atoms with Gasteiger partial charge in [0.05, 0.1) is 19.5 Å². The lowest BCUT2D eigenvalue weighted by atomic mass is 9.87. The highest BCUT2D eigenvalue weighted by atomic mass is 32.2. The van der Waals surface area contributed by atoms with E-state index >= 15 is 0 Å². The van der Waals surface area contributed by atoms with Gasteiger partial charge in [0.15, 0.2) is 23.5 Å². The van der Waals surface area contributed by atoms with Crippen molar-refractivity contribution >= 4 is 75.1 Å². The van der Waals surface area contributed by atoms with Gasteiger partial charge >= 0.3 is 29.4 Å². The molecule has 2 aromatic rings. The van der Waals surface area contributed by atoms with Gasteiger partial charge in [0, 0.05) is 36.8 Å². The zero-order valence-corrected chi connectivity index (χ0v) is 33.6. The van der Waals surface area contributed by atoms with E-state index in [1.807, 2.05) is 0 Å². The lowest BCUT2D eigenvalue weighted by molar-refractivity contribution is -0.137. The third kappa shape index (κ3) is 14.8. The van der Waals surface area contributed by atoms with E-state index in [2.05, 4.69) is 34.4 Å². The second-order valence-corrected chi connectivity index (χ2v) is 17.8. The fourth-order valence-electron chi connectivity index (χ4n) is 4.64. The third-order valence-corrected chi connectivity index (χ3v) is 11.4. The van der Waals surface area contributed by atoms with Crippen molar-refractivity contribution in [2.45, 2.75) is 50.9 Å². The van der Waals surface area contributed by atoms with Crippen molar-refractivity contribution in [1.29, 1.82) is 0 Å². The molecule has 1 saturated heterocycles. The van der Waals surface area contributed by atoms with Gasteiger partial charge in [-0.1, -0.05) is 31.7 Å². The second-order valence-electron chi connectivity index (χ2n) is 12.5. The monoisotopic (exact) mass is 907 g/mol. The van der Waals surface area contributed by atoms with E-state index in [4.69, 9.17) is 24.6 Å². The molecule has 31 heteroatoms. The highest BCUT2D eigenvalue weighted by Crippen LogP contribution is 2.61. The minimum Gasteiger partial charge on any atom is -0.504 e. The molecule has 324 valence electrons. The Kier molecular flexibility index (Phi) is 17.2. The number of hydrogen-bond acceptors (Lipinski definition) is 20. The summed E-state index contributed by atoms with van der Waals surface area (Å²) in [6.45, 7) is 0.00577. The number of carbonyl (C=O) groups is 4. The molecule has 12 N–H and O–H groups in total. The Morgan fingerprint density at radius 2 is 1.72 bits per heavy atom. The number of aliphatic hydroxyl groups is 3. The molecule has 2 amide bonds. The van der Waals surface area contributed by atoms with E-state index in [0.29, 0.717) is 17.8 Å². The number of ether oxygens (including phenoxy) is 1. The van der Waals surface area contributed by atoms with Crippen LogP contribution in [0.25, 0.3) is 11.2 Å². The Labute approximate surface area is 331 Å². The van der Waals surface area contributed by atoms with E-state index in [1.54, 1.807) is 0 Å². The number of amides is 2. The molecule has 1 aliphatic rings. The van der Waals surface area contributed by atoms with Gasteiger partial charge in [-0.15, -0.1) is 0 Å². The van der Waals surface area contributed by atoms with Crippen molar-refractivity contribution in [1.82, 2.24) is 30.2 Å². The number of fused-ring (bicyclic) bond motifs is 1. The first-order valence-electron chi connectivity index (χ1n) is 16.2. The smallest absolute Gasteiger partial charge is 0.481 e. The third-order valence-electron chi connectivity index (χ3n) is 7.44. The fourth-order valence-corrected chi connectivity index (χ4v) is 8.07. The van der Waals surface area contributed by atoms with Crippen LogP contribution in [0.3, 0.4) is 0 Å². The average molecular weight is 908 g/mol. The van der Waals surface area contributed by atoms with Gasteiger partial charge in [0.25, 0.3) is 5.12 Å². The Morgan fingerprint density at radius 3 is 2.38 bits per heavy atom. The zero-order valence-electron chi connectivity index (χ0n) is 30.1. The molecule has 7 atom stereocenters. The standard InChI is InChI=1S/C27H40N7O20P3S/c1-27(2,21(40)24(41)30-7-6-16(36)29-8-9-58-26(42)14(35)4-3-5-17(37)38)11-51-57(48,49)54-56(46,47)50-10-15-20(53-55(43,44)45)19(39)25(52-15)34-13-33-18-22(28)31-12-32-23(18)34/h3-5,12-13,15,19-21,25,35,39-40H,6-11H2,1-2H3,(H,29,36)(H,30,41)(H,37,38)(H,46,47)(H,48,49)(H2,28,31,32)(H2,43,44,45)/b5-3+,14-4-/t15-,19-,20-,21?,25-/m1/s1. The van der Waals surface area contributed by atoms with Gasteiger partial charge in [-0.2, -0.15) is 4.31 Å². The molecular formula is C27H40N7O20P3S. The molecule has 3 unspecified atom stereocenters. The van der Waals surface area contributed by atoms with Gasteiger partial charge < -0.3 is 61.1 Å². The molecule has 0 aliphatic carbocycles. The van der Waals surface area contributed by atoms with E-state index in [9.17, 15) is 67.8 Å². The molecule has 1 aliphatic heterocycles. The fraction of sp³-hybridized carbons (Fsp3) is 0.519. The van der Waals surface area contributed by atoms with E-state index < -0.39 is 101 Å². The maximum Gasteiger partial charge on any atom is 0.481 e. The lowest BCUT2D eigenvalue weighted by Gasteiger charge is -2.30. The number of nitrogen functional groups attached to an aromatic ring is 1. The van der Waals surface area contributed by atoms with Crippen LogP contribution in [0.2, 0.25) is 0 Å². The number of aliphatic hydroxyl groups excluding tert-OH is 3. The minimum absolute atomic E-state index is 0.0130. The maximum absolute atomic E-state index is 12.7. The molecule has 0 saturated carbocycles. The molecule has 0 aromatic carbocycles. The number of aromatic nitrogens is 4. The number of anilines is 1. The van der Waals surface area contributed by atoms with Crippen LogP contribution in [0.15, 0.2) is 36.6 Å². The van der Waals surface area contributed by atoms with Gasteiger partial charge in [-0.05, 0) is 6.08 Å². The molecule has 3 rings (SSSR count). The molecule has 2 aromatic heterocycles. The molecule has 58 heavy (non-hydrogen) atoms. The first-order valence-corrected chi connectivity index (χ1v) is 21.7. The van der Waals surface area contributed by atoms with E-state index in [-0.39, 0.29) is 42.2 Å². The summed E-state index contributed by atoms with van der Waals surface area (Å²) in [5.74, 6) is -3.63. The van der Waals surface area contributed by atoms with Gasteiger partial charge in [-0.25, -0.2) is 33.4 Å². The number of carboxylic acids is 1. The zero-order chi connectivity index (χ0) is 43.6. The summed E-state index contributed by atoms with van der Waals surface area (Å²) in [6.07, 6.45) is -4.67. The summed E-state index contributed by atoms with van der Waals surface area (Å²) in [5.41, 5.74) is 4.16. The summed E-state index contributed by atoms with van der Waals surface area (Å²) < 4.78 is 61.9. The quantitative estimate of drug-likeness (QED) is 0.0216. The molecule has 0 radical (unpaired) electrons. The van der Waals surface area contributed by atoms with Crippen LogP contribution >= 0.6 is 35.2 Å². The van der Waals surface area contributed by atoms with Crippen LogP contribution < -0.4 is 16.4 Å². The van der Waals surface area contributed by atoms with Crippen molar-refractivity contribution in [3.63, 3.8) is 0 Å². The number of nitrogens with zero attached hydrogens (tertiary/aromatic N) is 4. The highest BCUT2D eigenvalue weighted by Gasteiger charge is 2.50. The Bertz CT molecular complexity index is 2030. The van der Waals surface area contributed by atoms with Crippen molar-refractivity contribution in [3.8, 4) is 0 Å². The molecular weight excluding hydrogens is 867 g/mol. The number of phosphoric acid groups is 3. The topological polar surface area (TPSA) is 421 Å². The summed E-state index contributed by atoms with van der Waals surface area (Å²) >= 11 is 0.638. The van der Waals surface area contributed by atoms with Gasteiger partial charge in [0.1, 0.15) is 36.3 Å². The van der Waals surface area contributed by atoms with Crippen LogP contribution in [-0.4, -0.2) is 139 Å².